The van der Waals surface area contributed by atoms with Crippen molar-refractivity contribution in [3.8, 4) is 22.6 Å². The summed E-state index contributed by atoms with van der Waals surface area (Å²) in [6.45, 7) is 8.15. The minimum atomic E-state index is -0.324. The number of halogens is 1. The number of methoxy groups -OCH3 is 2. The monoisotopic (exact) mass is 516 g/mol. The number of H-pyrrole nitrogens is 1. The fourth-order valence-electron chi connectivity index (χ4n) is 5.11. The van der Waals surface area contributed by atoms with Gasteiger partial charge in [0, 0.05) is 42.8 Å². The summed E-state index contributed by atoms with van der Waals surface area (Å²) < 4.78 is 26.7. The molecular formula is C30H33FN4O3. The molecule has 1 aliphatic heterocycles. The Morgan fingerprint density at radius 3 is 2.37 bits per heavy atom. The van der Waals surface area contributed by atoms with Crippen molar-refractivity contribution in [3.05, 3.63) is 71.3 Å². The van der Waals surface area contributed by atoms with E-state index in [0.29, 0.717) is 59.8 Å². The summed E-state index contributed by atoms with van der Waals surface area (Å²) in [4.78, 5) is 25.3. The van der Waals surface area contributed by atoms with Crippen LogP contribution in [0, 0.1) is 12.7 Å². The molecule has 198 valence electrons. The molecule has 7 nitrogen and oxygen atoms in total. The molecule has 0 radical (unpaired) electrons. The fourth-order valence-corrected chi connectivity index (χ4v) is 5.11. The number of fused-ring (bicyclic) bond motifs is 1. The number of para-hydroxylation sites is 1. The van der Waals surface area contributed by atoms with Crippen LogP contribution in [0.4, 0.5) is 10.2 Å². The first kappa shape index (κ1) is 25.6. The molecule has 5 rings (SSSR count). The van der Waals surface area contributed by atoms with E-state index in [0.717, 1.165) is 22.6 Å². The Labute approximate surface area is 222 Å². The molecule has 0 saturated carbocycles. The maximum atomic E-state index is 15.6. The van der Waals surface area contributed by atoms with E-state index in [1.54, 1.807) is 25.2 Å². The topological polar surface area (TPSA) is 70.7 Å². The Balaban J connectivity index is 1.47. The second kappa shape index (κ2) is 10.4. The highest BCUT2D eigenvalue weighted by atomic mass is 19.1. The van der Waals surface area contributed by atoms with Crippen LogP contribution < -0.4 is 14.4 Å². The summed E-state index contributed by atoms with van der Waals surface area (Å²) in [7, 11) is 3.26. The number of nitrogens with zero attached hydrogens (tertiary/aromatic N) is 3. The number of ether oxygens (including phenoxy) is 2. The Hall–Kier alpha value is -4.07. The van der Waals surface area contributed by atoms with E-state index >= 15 is 4.39 Å². The summed E-state index contributed by atoms with van der Waals surface area (Å²) in [6.07, 6.45) is 0. The van der Waals surface area contributed by atoms with Crippen molar-refractivity contribution >= 4 is 22.6 Å². The van der Waals surface area contributed by atoms with Crippen LogP contribution >= 0.6 is 0 Å². The highest BCUT2D eigenvalue weighted by Gasteiger charge is 2.27. The molecule has 3 heterocycles. The zero-order chi connectivity index (χ0) is 27.0. The first-order chi connectivity index (χ1) is 18.3. The SMILES string of the molecule is COc1ccccc1-c1cc(C(C)C)c(F)c2[nH]c(C(=O)N3CCN(c4nc(C)ccc4OC)CC3)cc12. The second-order valence-corrected chi connectivity index (χ2v) is 9.91. The number of piperazine rings is 1. The van der Waals surface area contributed by atoms with Gasteiger partial charge in [0.25, 0.3) is 5.91 Å². The molecule has 1 saturated heterocycles. The van der Waals surface area contributed by atoms with Gasteiger partial charge >= 0.3 is 0 Å². The maximum Gasteiger partial charge on any atom is 0.270 e. The van der Waals surface area contributed by atoms with Gasteiger partial charge in [-0.15, -0.1) is 0 Å². The van der Waals surface area contributed by atoms with Crippen molar-refractivity contribution in [1.29, 1.82) is 0 Å². The molecule has 1 fully saturated rings. The number of aryl methyl sites for hydroxylation is 1. The molecule has 1 aliphatic rings. The summed E-state index contributed by atoms with van der Waals surface area (Å²) in [5.41, 5.74) is 3.90. The molecule has 0 unspecified atom stereocenters. The first-order valence-corrected chi connectivity index (χ1v) is 12.9. The largest absolute Gasteiger partial charge is 0.496 e. The van der Waals surface area contributed by atoms with Gasteiger partial charge in [0.2, 0.25) is 0 Å². The molecule has 1 N–H and O–H groups in total. The number of pyridine rings is 1. The van der Waals surface area contributed by atoms with Gasteiger partial charge < -0.3 is 24.3 Å². The van der Waals surface area contributed by atoms with Crippen molar-refractivity contribution in [2.75, 3.05) is 45.3 Å². The van der Waals surface area contributed by atoms with E-state index in [4.69, 9.17) is 9.47 Å². The van der Waals surface area contributed by atoms with E-state index in [1.807, 2.05) is 63.2 Å². The van der Waals surface area contributed by atoms with E-state index < -0.39 is 0 Å². The molecule has 0 aliphatic carbocycles. The van der Waals surface area contributed by atoms with E-state index in [-0.39, 0.29) is 17.6 Å². The molecule has 0 spiro atoms. The number of carbonyl (C=O) groups excluding carboxylic acids is 1. The summed E-state index contributed by atoms with van der Waals surface area (Å²) in [5.74, 6) is 1.69. The Morgan fingerprint density at radius 2 is 1.68 bits per heavy atom. The van der Waals surface area contributed by atoms with Crippen LogP contribution in [0.1, 0.15) is 41.5 Å². The van der Waals surface area contributed by atoms with Crippen LogP contribution in [0.3, 0.4) is 0 Å². The molecule has 2 aromatic carbocycles. The maximum absolute atomic E-state index is 15.6. The lowest BCUT2D eigenvalue weighted by atomic mass is 9.93. The number of hydrogen-bond donors (Lipinski definition) is 1. The van der Waals surface area contributed by atoms with Crippen LogP contribution in [0.25, 0.3) is 22.0 Å². The number of nitrogens with one attached hydrogen (secondary N) is 1. The smallest absolute Gasteiger partial charge is 0.270 e. The third-order valence-electron chi connectivity index (χ3n) is 7.20. The number of amides is 1. The van der Waals surface area contributed by atoms with Gasteiger partial charge in [-0.05, 0) is 54.3 Å². The van der Waals surface area contributed by atoms with Gasteiger partial charge in [0.15, 0.2) is 17.4 Å². The quantitative estimate of drug-likeness (QED) is 0.352. The van der Waals surface area contributed by atoms with E-state index in [9.17, 15) is 4.79 Å². The van der Waals surface area contributed by atoms with Gasteiger partial charge in [-0.1, -0.05) is 32.0 Å². The number of rotatable bonds is 6. The molecule has 0 bridgehead atoms. The number of carbonyl (C=O) groups is 1. The summed E-state index contributed by atoms with van der Waals surface area (Å²) in [6, 6.07) is 15.2. The number of anilines is 1. The predicted molar refractivity (Wildman–Crippen MR) is 148 cm³/mol. The average Bonchev–Trinajstić information content (AvgIpc) is 3.39. The lowest BCUT2D eigenvalue weighted by Gasteiger charge is -2.35. The van der Waals surface area contributed by atoms with Crippen molar-refractivity contribution in [3.63, 3.8) is 0 Å². The number of hydrogen-bond acceptors (Lipinski definition) is 5. The average molecular weight is 517 g/mol. The standard InChI is InChI=1S/C30H33FN4O3/c1-18(2)21-16-22(20-8-6-7-9-25(20)37-4)23-17-24(33-28(23)27(21)31)30(36)35-14-12-34(13-15-35)29-26(38-5)11-10-19(3)32-29/h6-11,16-18,33H,12-15H2,1-5H3. The van der Waals surface area contributed by atoms with Crippen LogP contribution in [-0.2, 0) is 0 Å². The molecule has 1 amide bonds. The lowest BCUT2D eigenvalue weighted by Crippen LogP contribution is -2.49. The Kier molecular flexibility index (Phi) is 6.97. The Morgan fingerprint density at radius 1 is 0.974 bits per heavy atom. The molecule has 0 atom stereocenters. The first-order valence-electron chi connectivity index (χ1n) is 12.9. The van der Waals surface area contributed by atoms with E-state index in [2.05, 4.69) is 14.9 Å². The van der Waals surface area contributed by atoms with Gasteiger partial charge in [-0.2, -0.15) is 0 Å². The minimum absolute atomic E-state index is 0.0318. The molecule has 2 aromatic heterocycles. The normalized spacial score (nSPS) is 13.9. The third-order valence-corrected chi connectivity index (χ3v) is 7.20. The van der Waals surface area contributed by atoms with Crippen LogP contribution in [-0.4, -0.2) is 61.2 Å². The number of aromatic nitrogens is 2. The lowest BCUT2D eigenvalue weighted by molar-refractivity contribution is 0.0741. The molecule has 4 aromatic rings. The molecule has 38 heavy (non-hydrogen) atoms. The number of aromatic amines is 1. The van der Waals surface area contributed by atoms with Crippen molar-refractivity contribution in [2.24, 2.45) is 0 Å². The third kappa shape index (κ3) is 4.55. The van der Waals surface area contributed by atoms with Crippen molar-refractivity contribution in [2.45, 2.75) is 26.7 Å². The van der Waals surface area contributed by atoms with Crippen LogP contribution in [0.15, 0.2) is 48.5 Å². The van der Waals surface area contributed by atoms with Crippen LogP contribution in [0.2, 0.25) is 0 Å². The zero-order valence-electron chi connectivity index (χ0n) is 22.5. The Bertz CT molecular complexity index is 1490. The summed E-state index contributed by atoms with van der Waals surface area (Å²) >= 11 is 0. The van der Waals surface area contributed by atoms with Gasteiger partial charge in [-0.3, -0.25) is 4.79 Å². The van der Waals surface area contributed by atoms with Gasteiger partial charge in [-0.25, -0.2) is 9.37 Å². The molecular weight excluding hydrogens is 483 g/mol. The van der Waals surface area contributed by atoms with Crippen molar-refractivity contribution in [1.82, 2.24) is 14.9 Å². The number of benzene rings is 2. The van der Waals surface area contributed by atoms with Gasteiger partial charge in [0.05, 0.1) is 19.7 Å². The van der Waals surface area contributed by atoms with E-state index in [1.165, 1.54) is 0 Å². The fraction of sp³-hybridized carbons (Fsp3) is 0.333. The second-order valence-electron chi connectivity index (χ2n) is 9.91. The van der Waals surface area contributed by atoms with Crippen LogP contribution in [0.5, 0.6) is 11.5 Å². The molecule has 8 heteroatoms. The highest BCUT2D eigenvalue weighted by molar-refractivity contribution is 6.04. The van der Waals surface area contributed by atoms with Crippen molar-refractivity contribution < 1.29 is 18.7 Å². The highest BCUT2D eigenvalue weighted by Crippen LogP contribution is 2.39. The predicted octanol–water partition coefficient (Wildman–Crippen LogP) is 5.78. The van der Waals surface area contributed by atoms with Gasteiger partial charge in [0.1, 0.15) is 11.4 Å². The zero-order valence-corrected chi connectivity index (χ0v) is 22.5. The minimum Gasteiger partial charge on any atom is -0.496 e. The summed E-state index contributed by atoms with van der Waals surface area (Å²) in [5, 5.41) is 0.659.